The van der Waals surface area contributed by atoms with Crippen LogP contribution in [0.1, 0.15) is 49.3 Å². The minimum absolute atomic E-state index is 0.101. The van der Waals surface area contributed by atoms with E-state index in [0.717, 1.165) is 30.6 Å². The number of nitrogens with zero attached hydrogens (tertiary/aromatic N) is 1. The van der Waals surface area contributed by atoms with Gasteiger partial charge in [-0.05, 0) is 24.0 Å². The Kier molecular flexibility index (Phi) is 5.25. The van der Waals surface area contributed by atoms with E-state index in [1.54, 1.807) is 24.3 Å². The van der Waals surface area contributed by atoms with Crippen LogP contribution in [0.15, 0.2) is 30.5 Å². The summed E-state index contributed by atoms with van der Waals surface area (Å²) >= 11 is 0. The van der Waals surface area contributed by atoms with E-state index in [9.17, 15) is 14.4 Å². The molecule has 0 aromatic heterocycles. The molecule has 1 atom stereocenters. The zero-order valence-electron chi connectivity index (χ0n) is 14.7. The Balaban J connectivity index is 1.98. The van der Waals surface area contributed by atoms with Crippen LogP contribution < -0.4 is 11.1 Å². The molecule has 138 valence electrons. The second kappa shape index (κ2) is 7.59. The molecule has 1 unspecified atom stereocenters. The van der Waals surface area contributed by atoms with Crippen LogP contribution in [0.2, 0.25) is 0 Å². The fourth-order valence-electron chi connectivity index (χ4n) is 3.67. The lowest BCUT2D eigenvalue weighted by Gasteiger charge is -2.34. The van der Waals surface area contributed by atoms with Crippen molar-refractivity contribution in [2.24, 2.45) is 5.73 Å². The number of nitrogens with one attached hydrogen (secondary N) is 1. The normalized spacial score (nSPS) is 20.0. The van der Waals surface area contributed by atoms with Crippen LogP contribution in [0.3, 0.4) is 0 Å². The van der Waals surface area contributed by atoms with Gasteiger partial charge in [-0.2, -0.15) is 0 Å². The van der Waals surface area contributed by atoms with Gasteiger partial charge in [-0.15, -0.1) is 0 Å². The molecule has 7 nitrogen and oxygen atoms in total. The minimum Gasteiger partial charge on any atom is -0.452 e. The molecule has 1 aromatic carbocycles. The van der Waals surface area contributed by atoms with Gasteiger partial charge in [-0.25, -0.2) is 4.79 Å². The number of hydrogen-bond acceptors (Lipinski definition) is 4. The second-order valence-corrected chi connectivity index (χ2v) is 6.62. The Morgan fingerprint density at radius 2 is 1.85 bits per heavy atom. The highest BCUT2D eigenvalue weighted by molar-refractivity contribution is 6.20. The van der Waals surface area contributed by atoms with Crippen LogP contribution in [-0.2, 0) is 14.3 Å². The van der Waals surface area contributed by atoms with Gasteiger partial charge < -0.3 is 15.8 Å². The molecule has 1 fully saturated rings. The van der Waals surface area contributed by atoms with Gasteiger partial charge in [-0.3, -0.25) is 14.5 Å². The smallest absolute Gasteiger partial charge is 0.414 e. The van der Waals surface area contributed by atoms with Crippen LogP contribution in [0, 0.1) is 0 Å². The number of primary amides is 1. The van der Waals surface area contributed by atoms with Crippen molar-refractivity contribution in [3.05, 3.63) is 41.6 Å². The Morgan fingerprint density at radius 3 is 2.50 bits per heavy atom. The van der Waals surface area contributed by atoms with Gasteiger partial charge >= 0.3 is 6.09 Å². The van der Waals surface area contributed by atoms with E-state index in [2.05, 4.69) is 5.32 Å². The summed E-state index contributed by atoms with van der Waals surface area (Å²) in [5.74, 6) is -0.952. The molecule has 1 heterocycles. The highest BCUT2D eigenvalue weighted by Crippen LogP contribution is 2.35. The third-order valence-electron chi connectivity index (χ3n) is 4.94. The number of benzene rings is 1. The summed E-state index contributed by atoms with van der Waals surface area (Å²) in [6.07, 6.45) is 5.79. The van der Waals surface area contributed by atoms with Crippen LogP contribution in [0.4, 0.5) is 4.79 Å². The summed E-state index contributed by atoms with van der Waals surface area (Å²) in [7, 11) is 1.23. The quantitative estimate of drug-likeness (QED) is 0.865. The van der Waals surface area contributed by atoms with E-state index in [1.807, 2.05) is 0 Å². The molecule has 3 N–H and O–H groups in total. The number of nitrogens with two attached hydrogens (primary N) is 1. The maximum Gasteiger partial charge on any atom is 0.414 e. The molecule has 3 amide bonds. The summed E-state index contributed by atoms with van der Waals surface area (Å²) in [5.41, 5.74) is 6.76. The van der Waals surface area contributed by atoms with Crippen molar-refractivity contribution in [1.82, 2.24) is 10.2 Å². The zero-order valence-corrected chi connectivity index (χ0v) is 14.7. The van der Waals surface area contributed by atoms with Crippen molar-refractivity contribution in [1.29, 1.82) is 0 Å². The van der Waals surface area contributed by atoms with Crippen LogP contribution in [0.25, 0.3) is 5.57 Å². The summed E-state index contributed by atoms with van der Waals surface area (Å²) in [4.78, 5) is 38.3. The van der Waals surface area contributed by atoms with Gasteiger partial charge in [0.2, 0.25) is 5.91 Å². The molecule has 3 rings (SSSR count). The number of amides is 3. The van der Waals surface area contributed by atoms with Gasteiger partial charge in [0.1, 0.15) is 6.04 Å². The monoisotopic (exact) mass is 357 g/mol. The molecular weight excluding hydrogens is 334 g/mol. The van der Waals surface area contributed by atoms with Gasteiger partial charge in [0.25, 0.3) is 5.91 Å². The molecule has 1 aromatic rings. The van der Waals surface area contributed by atoms with Crippen LogP contribution in [0.5, 0.6) is 0 Å². The fourth-order valence-corrected chi connectivity index (χ4v) is 3.67. The predicted molar refractivity (Wildman–Crippen MR) is 95.6 cm³/mol. The Bertz CT molecular complexity index is 753. The third kappa shape index (κ3) is 3.42. The molecule has 0 radical (unpaired) electrons. The molecule has 0 bridgehead atoms. The van der Waals surface area contributed by atoms with Gasteiger partial charge in [0, 0.05) is 12.2 Å². The molecular formula is C19H23N3O4. The topological polar surface area (TPSA) is 102 Å². The minimum atomic E-state index is -0.899. The van der Waals surface area contributed by atoms with Crippen molar-refractivity contribution in [2.75, 3.05) is 7.11 Å². The van der Waals surface area contributed by atoms with Gasteiger partial charge in [0.15, 0.2) is 0 Å². The van der Waals surface area contributed by atoms with E-state index in [0.29, 0.717) is 11.1 Å². The first kappa shape index (κ1) is 18.0. The van der Waals surface area contributed by atoms with Crippen molar-refractivity contribution in [3.8, 4) is 0 Å². The maximum absolute atomic E-state index is 13.0. The number of hydrogen-bond donors (Lipinski definition) is 2. The van der Waals surface area contributed by atoms with E-state index >= 15 is 0 Å². The number of ether oxygens (including phenoxy) is 1. The van der Waals surface area contributed by atoms with Crippen molar-refractivity contribution in [2.45, 2.75) is 44.2 Å². The summed E-state index contributed by atoms with van der Waals surface area (Å²) < 4.78 is 4.81. The molecule has 2 aliphatic rings. The van der Waals surface area contributed by atoms with Gasteiger partial charge in [-0.1, -0.05) is 43.5 Å². The molecule has 1 aliphatic heterocycles. The number of fused-ring (bicyclic) bond motifs is 1. The van der Waals surface area contributed by atoms with E-state index in [4.69, 9.17) is 10.5 Å². The van der Waals surface area contributed by atoms with Crippen molar-refractivity contribution >= 4 is 23.5 Å². The first-order valence-corrected chi connectivity index (χ1v) is 8.80. The predicted octanol–water partition coefficient (Wildman–Crippen LogP) is 2.08. The van der Waals surface area contributed by atoms with Crippen molar-refractivity contribution < 1.29 is 19.1 Å². The molecule has 1 saturated carbocycles. The van der Waals surface area contributed by atoms with Gasteiger partial charge in [0.05, 0.1) is 12.7 Å². The number of methoxy groups -OCH3 is 1. The average molecular weight is 357 g/mol. The molecule has 0 spiro atoms. The van der Waals surface area contributed by atoms with Crippen LogP contribution in [-0.4, -0.2) is 36.0 Å². The van der Waals surface area contributed by atoms with E-state index in [1.165, 1.54) is 19.7 Å². The standard InChI is InChI=1S/C19H23N3O4/c1-26-19(25)22-11-15(17(20)23)13-9-5-6-10-14(13)16(22)18(24)21-12-7-3-2-4-8-12/h5-6,9-12,16H,2-4,7-8H2,1H3,(H2,20,23)(H,21,24). The average Bonchev–Trinajstić information content (AvgIpc) is 2.66. The van der Waals surface area contributed by atoms with Crippen LogP contribution >= 0.6 is 0 Å². The SMILES string of the molecule is COC(=O)N1C=C(C(N)=O)c2ccccc2C1C(=O)NC1CCCCC1. The lowest BCUT2D eigenvalue weighted by Crippen LogP contribution is -2.47. The molecule has 0 saturated heterocycles. The summed E-state index contributed by atoms with van der Waals surface area (Å²) in [6.45, 7) is 0. The summed E-state index contributed by atoms with van der Waals surface area (Å²) in [5, 5.41) is 3.05. The first-order valence-electron chi connectivity index (χ1n) is 8.80. The fraction of sp³-hybridized carbons (Fsp3) is 0.421. The molecule has 26 heavy (non-hydrogen) atoms. The first-order chi connectivity index (χ1) is 12.5. The van der Waals surface area contributed by atoms with E-state index < -0.39 is 18.0 Å². The van der Waals surface area contributed by atoms with Crippen molar-refractivity contribution in [3.63, 3.8) is 0 Å². The Hall–Kier alpha value is -2.83. The third-order valence-corrected chi connectivity index (χ3v) is 4.94. The lowest BCUT2D eigenvalue weighted by atomic mass is 9.89. The number of carbonyl (C=O) groups excluding carboxylic acids is 3. The maximum atomic E-state index is 13.0. The zero-order chi connectivity index (χ0) is 18.7. The largest absolute Gasteiger partial charge is 0.452 e. The Morgan fingerprint density at radius 1 is 1.15 bits per heavy atom. The number of carbonyl (C=O) groups is 3. The number of rotatable bonds is 3. The Labute approximate surface area is 152 Å². The highest BCUT2D eigenvalue weighted by atomic mass is 16.5. The van der Waals surface area contributed by atoms with E-state index in [-0.39, 0.29) is 17.5 Å². The summed E-state index contributed by atoms with van der Waals surface area (Å²) in [6, 6.07) is 6.18. The molecule has 7 heteroatoms. The second-order valence-electron chi connectivity index (χ2n) is 6.62. The highest BCUT2D eigenvalue weighted by Gasteiger charge is 2.38. The lowest BCUT2D eigenvalue weighted by molar-refractivity contribution is -0.126. The molecule has 1 aliphatic carbocycles.